The molecule has 0 saturated carbocycles. The molecule has 0 aromatic heterocycles. The smallest absolute Gasteiger partial charge is 0.143 e. The van der Waals surface area contributed by atoms with Gasteiger partial charge in [-0.25, -0.2) is 4.39 Å². The Morgan fingerprint density at radius 3 is 2.37 bits per heavy atom. The minimum absolute atomic E-state index is 0.141. The molecule has 1 heterocycles. The Labute approximate surface area is 119 Å². The van der Waals surface area contributed by atoms with E-state index in [4.69, 9.17) is 17.3 Å². The Morgan fingerprint density at radius 1 is 1.26 bits per heavy atom. The molecule has 0 aliphatic carbocycles. The van der Waals surface area contributed by atoms with Crippen molar-refractivity contribution in [3.63, 3.8) is 0 Å². The minimum atomic E-state index is -0.451. The molecule has 106 valence electrons. The van der Waals surface area contributed by atoms with Crippen molar-refractivity contribution in [1.29, 1.82) is 0 Å². The van der Waals surface area contributed by atoms with Crippen LogP contribution in [0.25, 0.3) is 0 Å². The highest BCUT2D eigenvalue weighted by molar-refractivity contribution is 6.31. The molecular weight excluding hydrogens is 263 g/mol. The predicted octanol–water partition coefficient (Wildman–Crippen LogP) is 4.32. The molecule has 1 aromatic rings. The zero-order valence-corrected chi connectivity index (χ0v) is 12.6. The van der Waals surface area contributed by atoms with Crippen molar-refractivity contribution in [3.05, 3.63) is 23.0 Å². The van der Waals surface area contributed by atoms with E-state index in [1.165, 1.54) is 6.07 Å². The summed E-state index contributed by atoms with van der Waals surface area (Å²) in [6.45, 7) is 8.77. The number of benzene rings is 1. The highest BCUT2D eigenvalue weighted by Crippen LogP contribution is 2.37. The fraction of sp³-hybridized carbons (Fsp3) is 0.600. The van der Waals surface area contributed by atoms with E-state index < -0.39 is 5.82 Å². The Bertz CT molecular complexity index is 460. The minimum Gasteiger partial charge on any atom is -0.397 e. The molecule has 0 unspecified atom stereocenters. The largest absolute Gasteiger partial charge is 0.397 e. The van der Waals surface area contributed by atoms with Gasteiger partial charge in [0.15, 0.2) is 0 Å². The third-order valence-electron chi connectivity index (χ3n) is 4.13. The van der Waals surface area contributed by atoms with Crippen LogP contribution in [0, 0.1) is 17.2 Å². The number of nitrogens with zero attached hydrogens (tertiary/aromatic N) is 1. The van der Waals surface area contributed by atoms with E-state index in [1.807, 2.05) is 0 Å². The lowest BCUT2D eigenvalue weighted by Gasteiger charge is -2.40. The van der Waals surface area contributed by atoms with Crippen molar-refractivity contribution in [3.8, 4) is 0 Å². The number of anilines is 2. The van der Waals surface area contributed by atoms with E-state index in [2.05, 4.69) is 25.7 Å². The van der Waals surface area contributed by atoms with E-state index in [-0.39, 0.29) is 5.02 Å². The van der Waals surface area contributed by atoms with Gasteiger partial charge in [-0.15, -0.1) is 0 Å². The Kier molecular flexibility index (Phi) is 3.95. The third kappa shape index (κ3) is 3.14. The number of hydrogen-bond acceptors (Lipinski definition) is 2. The summed E-state index contributed by atoms with van der Waals surface area (Å²) in [4.78, 5) is 2.21. The average Bonchev–Trinajstić information content (AvgIpc) is 2.33. The Hall–Kier alpha value is -0.960. The molecule has 1 aliphatic rings. The molecule has 1 fully saturated rings. The van der Waals surface area contributed by atoms with Gasteiger partial charge in [0.1, 0.15) is 5.82 Å². The number of nitrogen functional groups attached to an aromatic ring is 1. The lowest BCUT2D eigenvalue weighted by molar-refractivity contribution is 0.199. The summed E-state index contributed by atoms with van der Waals surface area (Å²) < 4.78 is 13.3. The van der Waals surface area contributed by atoms with Crippen molar-refractivity contribution in [2.24, 2.45) is 11.3 Å². The standard InChI is InChI=1S/C15H22ClFN2/c1-15(2,3)10-4-6-19(7-5-10)14-8-11(16)12(17)9-13(14)18/h8-10H,4-7,18H2,1-3H3. The fourth-order valence-corrected chi connectivity index (χ4v) is 2.97. The topological polar surface area (TPSA) is 29.3 Å². The summed E-state index contributed by atoms with van der Waals surface area (Å²) >= 11 is 5.85. The summed E-state index contributed by atoms with van der Waals surface area (Å²) in [6.07, 6.45) is 2.27. The van der Waals surface area contributed by atoms with Crippen LogP contribution in [0.2, 0.25) is 5.02 Å². The normalized spacial score (nSPS) is 17.8. The van der Waals surface area contributed by atoms with Gasteiger partial charge in [0.25, 0.3) is 0 Å². The maximum absolute atomic E-state index is 13.3. The third-order valence-corrected chi connectivity index (χ3v) is 4.42. The van der Waals surface area contributed by atoms with Gasteiger partial charge in [-0.3, -0.25) is 0 Å². The van der Waals surface area contributed by atoms with Crippen molar-refractivity contribution >= 4 is 23.0 Å². The lowest BCUT2D eigenvalue weighted by Crippen LogP contribution is -2.38. The molecule has 2 N–H and O–H groups in total. The van der Waals surface area contributed by atoms with Crippen molar-refractivity contribution in [1.82, 2.24) is 0 Å². The molecule has 0 atom stereocenters. The quantitative estimate of drug-likeness (QED) is 0.778. The van der Waals surface area contributed by atoms with E-state index >= 15 is 0 Å². The number of nitrogens with two attached hydrogens (primary N) is 1. The molecule has 0 radical (unpaired) electrons. The molecule has 4 heteroatoms. The molecule has 19 heavy (non-hydrogen) atoms. The molecule has 1 saturated heterocycles. The zero-order valence-electron chi connectivity index (χ0n) is 11.8. The van der Waals surface area contributed by atoms with Crippen LogP contribution in [-0.2, 0) is 0 Å². The molecule has 0 spiro atoms. The molecular formula is C15H22ClFN2. The SMILES string of the molecule is CC(C)(C)C1CCN(c2cc(Cl)c(F)cc2N)CC1. The van der Waals surface area contributed by atoms with Crippen molar-refractivity contribution < 1.29 is 4.39 Å². The van der Waals surface area contributed by atoms with E-state index in [9.17, 15) is 4.39 Å². The second kappa shape index (κ2) is 5.20. The first-order chi connectivity index (χ1) is 8.79. The molecule has 2 nitrogen and oxygen atoms in total. The first-order valence-corrected chi connectivity index (χ1v) is 7.16. The summed E-state index contributed by atoms with van der Waals surface area (Å²) in [5.74, 6) is 0.272. The van der Waals surface area contributed by atoms with Crippen molar-refractivity contribution in [2.75, 3.05) is 23.7 Å². The molecule has 1 aromatic carbocycles. The number of rotatable bonds is 1. The van der Waals surface area contributed by atoms with Crippen LogP contribution in [0.4, 0.5) is 15.8 Å². The van der Waals surface area contributed by atoms with Gasteiger partial charge in [-0.2, -0.15) is 0 Å². The van der Waals surface area contributed by atoms with Gasteiger partial charge >= 0.3 is 0 Å². The van der Waals surface area contributed by atoms with Crippen LogP contribution in [0.15, 0.2) is 12.1 Å². The average molecular weight is 285 g/mol. The number of halogens is 2. The summed E-state index contributed by atoms with van der Waals surface area (Å²) in [5, 5.41) is 0.141. The first kappa shape index (κ1) is 14.4. The van der Waals surface area contributed by atoms with E-state index in [1.54, 1.807) is 6.07 Å². The number of hydrogen-bond donors (Lipinski definition) is 1. The Morgan fingerprint density at radius 2 is 1.84 bits per heavy atom. The molecule has 0 amide bonds. The van der Waals surface area contributed by atoms with Crippen LogP contribution in [0.3, 0.4) is 0 Å². The second-order valence-electron chi connectivity index (χ2n) is 6.45. The summed E-state index contributed by atoms with van der Waals surface area (Å²) in [7, 11) is 0. The van der Waals surface area contributed by atoms with Crippen LogP contribution in [0.5, 0.6) is 0 Å². The predicted molar refractivity (Wildman–Crippen MR) is 80.2 cm³/mol. The van der Waals surface area contributed by atoms with Gasteiger partial charge in [0.05, 0.1) is 16.4 Å². The second-order valence-corrected chi connectivity index (χ2v) is 6.86. The lowest BCUT2D eigenvalue weighted by atomic mass is 9.75. The Balaban J connectivity index is 2.12. The van der Waals surface area contributed by atoms with Gasteiger partial charge in [-0.05, 0) is 30.2 Å². The van der Waals surface area contributed by atoms with Gasteiger partial charge in [0, 0.05) is 19.2 Å². The monoisotopic (exact) mass is 284 g/mol. The van der Waals surface area contributed by atoms with Crippen LogP contribution < -0.4 is 10.6 Å². The highest BCUT2D eigenvalue weighted by atomic mass is 35.5. The summed E-state index contributed by atoms with van der Waals surface area (Å²) in [5.41, 5.74) is 7.58. The van der Waals surface area contributed by atoms with Gasteiger partial charge in [0.2, 0.25) is 0 Å². The van der Waals surface area contributed by atoms with Crippen LogP contribution >= 0.6 is 11.6 Å². The zero-order chi connectivity index (χ0) is 14.2. The molecule has 2 rings (SSSR count). The molecule has 1 aliphatic heterocycles. The van der Waals surface area contributed by atoms with Gasteiger partial charge < -0.3 is 10.6 Å². The first-order valence-electron chi connectivity index (χ1n) is 6.78. The van der Waals surface area contributed by atoms with Gasteiger partial charge in [-0.1, -0.05) is 32.4 Å². The highest BCUT2D eigenvalue weighted by Gasteiger charge is 2.29. The van der Waals surface area contributed by atoms with E-state index in [0.717, 1.165) is 37.5 Å². The fourth-order valence-electron chi connectivity index (χ4n) is 2.81. The van der Waals surface area contributed by atoms with E-state index in [0.29, 0.717) is 11.1 Å². The van der Waals surface area contributed by atoms with Crippen molar-refractivity contribution in [2.45, 2.75) is 33.6 Å². The maximum atomic E-state index is 13.3. The molecule has 0 bridgehead atoms. The van der Waals surface area contributed by atoms with Crippen LogP contribution in [0.1, 0.15) is 33.6 Å². The number of piperidine rings is 1. The maximum Gasteiger partial charge on any atom is 0.143 e. The summed E-state index contributed by atoms with van der Waals surface area (Å²) in [6, 6.07) is 2.96. The van der Waals surface area contributed by atoms with Crippen LogP contribution in [-0.4, -0.2) is 13.1 Å².